The summed E-state index contributed by atoms with van der Waals surface area (Å²) in [6.07, 6.45) is 1.56. The molecule has 3 heterocycles. The monoisotopic (exact) mass is 363 g/mol. The zero-order valence-corrected chi connectivity index (χ0v) is 14.0. The lowest BCUT2D eigenvalue weighted by Crippen LogP contribution is -2.39. The maximum atomic E-state index is 14.0. The summed E-state index contributed by atoms with van der Waals surface area (Å²) in [6.45, 7) is 2.50. The van der Waals surface area contributed by atoms with Crippen molar-refractivity contribution in [3.63, 3.8) is 0 Å². The van der Waals surface area contributed by atoms with Crippen LogP contribution in [0.2, 0.25) is 0 Å². The summed E-state index contributed by atoms with van der Waals surface area (Å²) in [5.41, 5.74) is 1.69. The number of nitrogens with one attached hydrogen (secondary N) is 1. The van der Waals surface area contributed by atoms with Gasteiger partial charge in [0.15, 0.2) is 0 Å². The molecular formula is C16H15F2N5OS. The first-order valence-electron chi connectivity index (χ1n) is 7.79. The van der Waals surface area contributed by atoms with Gasteiger partial charge in [-0.3, -0.25) is 4.90 Å². The fourth-order valence-corrected chi connectivity index (χ4v) is 3.33. The van der Waals surface area contributed by atoms with Crippen molar-refractivity contribution < 1.29 is 13.5 Å². The predicted octanol–water partition coefficient (Wildman–Crippen LogP) is 2.78. The molecule has 0 saturated carbocycles. The summed E-state index contributed by atoms with van der Waals surface area (Å²) in [4.78, 5) is 9.73. The molecule has 3 aromatic rings. The Balaban J connectivity index is 1.59. The Hall–Kier alpha value is -2.23. The molecule has 0 spiro atoms. The lowest BCUT2D eigenvalue weighted by atomic mass is 10.1. The molecule has 1 N–H and O–H groups in total. The van der Waals surface area contributed by atoms with Crippen LogP contribution in [0.4, 0.5) is 8.78 Å². The highest BCUT2D eigenvalue weighted by atomic mass is 32.1. The second-order valence-corrected chi connectivity index (χ2v) is 6.37. The molecule has 6 nitrogen and oxygen atoms in total. The highest BCUT2D eigenvalue weighted by molar-refractivity contribution is 7.03. The Morgan fingerprint density at radius 1 is 1.36 bits per heavy atom. The van der Waals surface area contributed by atoms with Crippen molar-refractivity contribution in [1.29, 1.82) is 0 Å². The normalized spacial score (nSPS) is 18.6. The summed E-state index contributed by atoms with van der Waals surface area (Å²) >= 11 is 1.31. The Morgan fingerprint density at radius 2 is 2.28 bits per heavy atom. The average molecular weight is 363 g/mol. The van der Waals surface area contributed by atoms with Gasteiger partial charge in [0.25, 0.3) is 0 Å². The molecule has 1 aliphatic heterocycles. The second kappa shape index (κ2) is 6.95. The van der Waals surface area contributed by atoms with Crippen molar-refractivity contribution in [3.8, 4) is 11.3 Å². The van der Waals surface area contributed by atoms with E-state index in [1.165, 1.54) is 23.7 Å². The molecule has 9 heteroatoms. The first-order chi connectivity index (χ1) is 12.2. The maximum Gasteiger partial charge on any atom is 0.135 e. The third-order valence-electron chi connectivity index (χ3n) is 4.14. The van der Waals surface area contributed by atoms with E-state index in [4.69, 9.17) is 4.74 Å². The number of hydrogen-bond donors (Lipinski definition) is 1. The topological polar surface area (TPSA) is 66.9 Å². The number of halogens is 2. The van der Waals surface area contributed by atoms with Crippen LogP contribution in [0.5, 0.6) is 0 Å². The lowest BCUT2D eigenvalue weighted by Gasteiger charge is -2.33. The van der Waals surface area contributed by atoms with Gasteiger partial charge in [-0.2, -0.15) is 0 Å². The molecule has 1 aromatic carbocycles. The van der Waals surface area contributed by atoms with Gasteiger partial charge in [-0.1, -0.05) is 4.49 Å². The minimum atomic E-state index is -0.625. The fraction of sp³-hybridized carbons (Fsp3) is 0.312. The summed E-state index contributed by atoms with van der Waals surface area (Å²) in [6, 6.07) is 3.40. The van der Waals surface area contributed by atoms with Crippen LogP contribution >= 0.6 is 11.5 Å². The van der Waals surface area contributed by atoms with Gasteiger partial charge in [0.05, 0.1) is 36.8 Å². The molecule has 1 saturated heterocycles. The van der Waals surface area contributed by atoms with Crippen LogP contribution in [-0.4, -0.2) is 44.2 Å². The smallest absolute Gasteiger partial charge is 0.135 e. The fourth-order valence-electron chi connectivity index (χ4n) is 2.89. The van der Waals surface area contributed by atoms with Crippen molar-refractivity contribution >= 4 is 11.5 Å². The van der Waals surface area contributed by atoms with E-state index in [1.807, 2.05) is 5.38 Å². The van der Waals surface area contributed by atoms with Crippen LogP contribution in [0.25, 0.3) is 11.3 Å². The molecule has 130 valence electrons. The minimum absolute atomic E-state index is 0.0901. The molecule has 1 fully saturated rings. The second-order valence-electron chi connectivity index (χ2n) is 5.76. The van der Waals surface area contributed by atoms with Gasteiger partial charge in [-0.05, 0) is 23.7 Å². The Morgan fingerprint density at radius 3 is 3.08 bits per heavy atom. The lowest BCUT2D eigenvalue weighted by molar-refractivity contribution is -0.0161. The molecular weight excluding hydrogens is 348 g/mol. The quantitative estimate of drug-likeness (QED) is 0.772. The van der Waals surface area contributed by atoms with Gasteiger partial charge in [-0.15, -0.1) is 5.10 Å². The number of morpholine rings is 1. The molecule has 25 heavy (non-hydrogen) atoms. The van der Waals surface area contributed by atoms with Crippen LogP contribution in [0, 0.1) is 11.6 Å². The van der Waals surface area contributed by atoms with Crippen molar-refractivity contribution in [3.05, 3.63) is 52.9 Å². The number of hydrogen-bond acceptors (Lipinski definition) is 6. The number of nitrogens with zero attached hydrogens (tertiary/aromatic N) is 4. The Bertz CT molecular complexity index is 854. The molecule has 0 aliphatic carbocycles. The SMILES string of the molecule is Fc1ccc(-c2cnc(C3COCCN3Cc3csnn3)[nH]2)c(F)c1. The van der Waals surface area contributed by atoms with Crippen LogP contribution < -0.4 is 0 Å². The number of benzene rings is 1. The zero-order valence-electron chi connectivity index (χ0n) is 13.2. The van der Waals surface area contributed by atoms with Gasteiger partial charge in [0.1, 0.15) is 17.5 Å². The molecule has 4 rings (SSSR count). The third kappa shape index (κ3) is 3.44. The zero-order chi connectivity index (χ0) is 17.2. The first-order valence-corrected chi connectivity index (χ1v) is 8.62. The van der Waals surface area contributed by atoms with E-state index >= 15 is 0 Å². The largest absolute Gasteiger partial charge is 0.378 e. The molecule has 0 amide bonds. The molecule has 0 bridgehead atoms. The highest BCUT2D eigenvalue weighted by Gasteiger charge is 2.28. The van der Waals surface area contributed by atoms with E-state index in [1.54, 1.807) is 6.20 Å². The van der Waals surface area contributed by atoms with Crippen LogP contribution in [0.1, 0.15) is 17.6 Å². The minimum Gasteiger partial charge on any atom is -0.378 e. The summed E-state index contributed by atoms with van der Waals surface area (Å²) in [5, 5.41) is 5.99. The van der Waals surface area contributed by atoms with Gasteiger partial charge in [0, 0.05) is 30.1 Å². The highest BCUT2D eigenvalue weighted by Crippen LogP contribution is 2.27. The number of H-pyrrole nitrogens is 1. The molecule has 1 aliphatic rings. The van der Waals surface area contributed by atoms with Gasteiger partial charge in [-0.25, -0.2) is 13.8 Å². The van der Waals surface area contributed by atoms with E-state index in [2.05, 4.69) is 24.5 Å². The predicted molar refractivity (Wildman–Crippen MR) is 87.8 cm³/mol. The van der Waals surface area contributed by atoms with E-state index < -0.39 is 11.6 Å². The van der Waals surface area contributed by atoms with E-state index in [9.17, 15) is 8.78 Å². The van der Waals surface area contributed by atoms with E-state index in [0.717, 1.165) is 18.3 Å². The summed E-state index contributed by atoms with van der Waals surface area (Å²) in [7, 11) is 0. The van der Waals surface area contributed by atoms with Crippen LogP contribution in [-0.2, 0) is 11.3 Å². The first kappa shape index (κ1) is 16.2. The van der Waals surface area contributed by atoms with Crippen molar-refractivity contribution in [2.24, 2.45) is 0 Å². The third-order valence-corrected chi connectivity index (χ3v) is 4.70. The van der Waals surface area contributed by atoms with Gasteiger partial charge >= 0.3 is 0 Å². The van der Waals surface area contributed by atoms with Crippen molar-refractivity contribution in [2.45, 2.75) is 12.6 Å². The maximum absolute atomic E-state index is 14.0. The summed E-state index contributed by atoms with van der Waals surface area (Å²) in [5.74, 6) is -0.549. The van der Waals surface area contributed by atoms with Gasteiger partial charge < -0.3 is 9.72 Å². The number of ether oxygens (including phenoxy) is 1. The molecule has 1 atom stereocenters. The van der Waals surface area contributed by atoms with Crippen LogP contribution in [0.15, 0.2) is 29.8 Å². The van der Waals surface area contributed by atoms with Gasteiger partial charge in [0.2, 0.25) is 0 Å². The van der Waals surface area contributed by atoms with Crippen molar-refractivity contribution in [1.82, 2.24) is 24.5 Å². The number of imidazole rings is 1. The molecule has 0 radical (unpaired) electrons. The number of rotatable bonds is 4. The number of aromatic nitrogens is 4. The van der Waals surface area contributed by atoms with Crippen molar-refractivity contribution in [2.75, 3.05) is 19.8 Å². The molecule has 1 unspecified atom stereocenters. The van der Waals surface area contributed by atoms with E-state index in [0.29, 0.717) is 31.3 Å². The Kier molecular flexibility index (Phi) is 4.51. The van der Waals surface area contributed by atoms with Crippen LogP contribution in [0.3, 0.4) is 0 Å². The number of aromatic amines is 1. The standard InChI is InChI=1S/C16H15F2N5OS/c17-10-1-2-12(13(18)5-10)14-6-19-16(20-14)15-8-24-4-3-23(15)7-11-9-25-22-21-11/h1-2,5-6,9,15H,3-4,7-8H2,(H,19,20). The molecule has 2 aromatic heterocycles. The Labute approximate surface area is 146 Å². The average Bonchev–Trinajstić information content (AvgIpc) is 3.27. The summed E-state index contributed by atoms with van der Waals surface area (Å²) < 4.78 is 36.5. The van der Waals surface area contributed by atoms with E-state index in [-0.39, 0.29) is 11.6 Å².